The first kappa shape index (κ1) is 16.7. The summed E-state index contributed by atoms with van der Waals surface area (Å²) in [6.45, 7) is 6.60. The highest BCUT2D eigenvalue weighted by molar-refractivity contribution is 5.92. The Bertz CT molecular complexity index is 624. The molecule has 2 rings (SSSR count). The van der Waals surface area contributed by atoms with Gasteiger partial charge in [0.25, 0.3) is 5.91 Å². The van der Waals surface area contributed by atoms with Crippen LogP contribution in [0.15, 0.2) is 36.7 Å². The number of aromatic nitrogens is 2. The van der Waals surface area contributed by atoms with Crippen molar-refractivity contribution in [2.75, 3.05) is 11.9 Å². The Labute approximate surface area is 136 Å². The van der Waals surface area contributed by atoms with Gasteiger partial charge in [0.05, 0.1) is 18.5 Å². The lowest BCUT2D eigenvalue weighted by Crippen LogP contribution is -2.25. The molecule has 0 aliphatic rings. The topological polar surface area (TPSA) is 76.1 Å². The van der Waals surface area contributed by atoms with Gasteiger partial charge in [0.15, 0.2) is 0 Å². The minimum absolute atomic E-state index is 0.145. The van der Waals surface area contributed by atoms with Crippen LogP contribution in [0.2, 0.25) is 0 Å². The third kappa shape index (κ3) is 5.25. The second-order valence-corrected chi connectivity index (χ2v) is 5.36. The average Bonchev–Trinajstić information content (AvgIpc) is 2.54. The molecule has 0 unspecified atom stereocenters. The Morgan fingerprint density at radius 3 is 2.48 bits per heavy atom. The first-order valence-corrected chi connectivity index (χ1v) is 7.72. The van der Waals surface area contributed by atoms with Crippen molar-refractivity contribution in [2.45, 2.75) is 33.3 Å². The number of carbonyl (C=O) groups is 1. The summed E-state index contributed by atoms with van der Waals surface area (Å²) >= 11 is 0. The molecule has 0 radical (unpaired) electrons. The van der Waals surface area contributed by atoms with Crippen molar-refractivity contribution in [3.05, 3.63) is 42.4 Å². The van der Waals surface area contributed by atoms with Crippen molar-refractivity contribution in [3.63, 3.8) is 0 Å². The summed E-state index contributed by atoms with van der Waals surface area (Å²) in [5, 5.41) is 5.90. The zero-order valence-electron chi connectivity index (χ0n) is 13.7. The Hall–Kier alpha value is -2.63. The van der Waals surface area contributed by atoms with Gasteiger partial charge in [0.1, 0.15) is 17.3 Å². The molecule has 0 saturated heterocycles. The van der Waals surface area contributed by atoms with Crippen LogP contribution in [0.3, 0.4) is 0 Å². The molecule has 6 heteroatoms. The number of amides is 1. The lowest BCUT2D eigenvalue weighted by Gasteiger charge is -2.11. The first-order chi connectivity index (χ1) is 11.1. The van der Waals surface area contributed by atoms with Crippen LogP contribution in [0.4, 0.5) is 11.5 Å². The van der Waals surface area contributed by atoms with Gasteiger partial charge in [-0.15, -0.1) is 0 Å². The van der Waals surface area contributed by atoms with Gasteiger partial charge in [-0.2, -0.15) is 0 Å². The van der Waals surface area contributed by atoms with Crippen LogP contribution in [0, 0.1) is 0 Å². The molecule has 0 aliphatic heterocycles. The Balaban J connectivity index is 1.96. The van der Waals surface area contributed by atoms with Crippen LogP contribution in [0.25, 0.3) is 0 Å². The van der Waals surface area contributed by atoms with Crippen molar-refractivity contribution in [3.8, 4) is 5.75 Å². The highest BCUT2D eigenvalue weighted by Gasteiger charge is 2.07. The Morgan fingerprint density at radius 2 is 1.91 bits per heavy atom. The molecular weight excluding hydrogens is 292 g/mol. The van der Waals surface area contributed by atoms with Gasteiger partial charge in [0.2, 0.25) is 0 Å². The molecule has 2 aromatic rings. The van der Waals surface area contributed by atoms with Gasteiger partial charge in [0, 0.05) is 12.2 Å². The fraction of sp³-hybridized carbons (Fsp3) is 0.353. The number of carbonyl (C=O) groups excluding carboxylic acids is 1. The van der Waals surface area contributed by atoms with E-state index in [1.807, 2.05) is 45.0 Å². The van der Waals surface area contributed by atoms with Gasteiger partial charge in [-0.25, -0.2) is 9.97 Å². The van der Waals surface area contributed by atoms with E-state index in [-0.39, 0.29) is 12.0 Å². The van der Waals surface area contributed by atoms with E-state index in [0.717, 1.165) is 17.9 Å². The van der Waals surface area contributed by atoms with Crippen molar-refractivity contribution in [1.29, 1.82) is 0 Å². The fourth-order valence-electron chi connectivity index (χ4n) is 1.88. The molecule has 23 heavy (non-hydrogen) atoms. The molecule has 1 aromatic heterocycles. The minimum Gasteiger partial charge on any atom is -0.491 e. The Kier molecular flexibility index (Phi) is 5.91. The molecule has 0 spiro atoms. The molecule has 1 heterocycles. The molecule has 1 aromatic carbocycles. The van der Waals surface area contributed by atoms with Crippen LogP contribution < -0.4 is 15.4 Å². The summed E-state index contributed by atoms with van der Waals surface area (Å²) < 4.78 is 5.59. The average molecular weight is 314 g/mol. The maximum absolute atomic E-state index is 11.8. The van der Waals surface area contributed by atoms with Crippen LogP contribution in [0.5, 0.6) is 5.75 Å². The number of hydrogen-bond acceptors (Lipinski definition) is 5. The molecule has 122 valence electrons. The number of rotatable bonds is 7. The van der Waals surface area contributed by atoms with E-state index in [4.69, 9.17) is 4.74 Å². The number of nitrogens with zero attached hydrogens (tertiary/aromatic N) is 2. The number of benzene rings is 1. The predicted molar refractivity (Wildman–Crippen MR) is 90.1 cm³/mol. The van der Waals surface area contributed by atoms with Crippen LogP contribution in [-0.4, -0.2) is 28.5 Å². The lowest BCUT2D eigenvalue weighted by molar-refractivity contribution is 0.0948. The largest absolute Gasteiger partial charge is 0.491 e. The van der Waals surface area contributed by atoms with Crippen LogP contribution in [0.1, 0.15) is 37.7 Å². The van der Waals surface area contributed by atoms with E-state index in [2.05, 4.69) is 20.6 Å². The monoisotopic (exact) mass is 314 g/mol. The zero-order chi connectivity index (χ0) is 16.7. The van der Waals surface area contributed by atoms with E-state index in [9.17, 15) is 4.79 Å². The molecular formula is C17H22N4O2. The maximum Gasteiger partial charge on any atom is 0.271 e. The number of ether oxygens (including phenoxy) is 1. The number of hydrogen-bond donors (Lipinski definition) is 2. The third-order valence-corrected chi connectivity index (χ3v) is 2.92. The van der Waals surface area contributed by atoms with Crippen molar-refractivity contribution in [2.24, 2.45) is 0 Å². The van der Waals surface area contributed by atoms with Crippen LogP contribution in [-0.2, 0) is 0 Å². The summed E-state index contributed by atoms with van der Waals surface area (Å²) in [6, 6.07) is 7.59. The molecule has 0 atom stereocenters. The van der Waals surface area contributed by atoms with E-state index in [0.29, 0.717) is 18.1 Å². The van der Waals surface area contributed by atoms with Gasteiger partial charge in [-0.3, -0.25) is 4.79 Å². The molecule has 6 nitrogen and oxygen atoms in total. The molecule has 1 amide bonds. The van der Waals surface area contributed by atoms with Crippen molar-refractivity contribution >= 4 is 17.4 Å². The minimum atomic E-state index is -0.207. The molecule has 0 bridgehead atoms. The summed E-state index contributed by atoms with van der Waals surface area (Å²) in [5.41, 5.74) is 1.18. The van der Waals surface area contributed by atoms with E-state index in [1.165, 1.54) is 6.20 Å². The van der Waals surface area contributed by atoms with E-state index >= 15 is 0 Å². The van der Waals surface area contributed by atoms with Crippen LogP contribution >= 0.6 is 0 Å². The first-order valence-electron chi connectivity index (χ1n) is 7.72. The lowest BCUT2D eigenvalue weighted by atomic mass is 10.3. The molecule has 0 fully saturated rings. The maximum atomic E-state index is 11.8. The van der Waals surface area contributed by atoms with Gasteiger partial charge in [-0.1, -0.05) is 6.92 Å². The molecule has 2 N–H and O–H groups in total. The molecule has 0 saturated carbocycles. The number of anilines is 2. The Morgan fingerprint density at radius 1 is 1.17 bits per heavy atom. The SMILES string of the molecule is CCCNC(=O)c1cnc(Nc2ccc(OC(C)C)cc2)cn1. The summed E-state index contributed by atoms with van der Waals surface area (Å²) in [5.74, 6) is 1.19. The second kappa shape index (κ2) is 8.12. The summed E-state index contributed by atoms with van der Waals surface area (Å²) in [4.78, 5) is 20.1. The highest BCUT2D eigenvalue weighted by Crippen LogP contribution is 2.19. The van der Waals surface area contributed by atoms with Gasteiger partial charge < -0.3 is 15.4 Å². The van der Waals surface area contributed by atoms with Crippen molar-refractivity contribution < 1.29 is 9.53 Å². The zero-order valence-corrected chi connectivity index (χ0v) is 13.7. The summed E-state index contributed by atoms with van der Waals surface area (Å²) in [6.07, 6.45) is 4.03. The highest BCUT2D eigenvalue weighted by atomic mass is 16.5. The molecule has 0 aliphatic carbocycles. The number of nitrogens with one attached hydrogen (secondary N) is 2. The summed E-state index contributed by atoms with van der Waals surface area (Å²) in [7, 11) is 0. The predicted octanol–water partition coefficient (Wildman–Crippen LogP) is 3.15. The quantitative estimate of drug-likeness (QED) is 0.821. The third-order valence-electron chi connectivity index (χ3n) is 2.92. The second-order valence-electron chi connectivity index (χ2n) is 5.36. The normalized spacial score (nSPS) is 10.4. The van der Waals surface area contributed by atoms with Crippen molar-refractivity contribution in [1.82, 2.24) is 15.3 Å². The van der Waals surface area contributed by atoms with E-state index < -0.39 is 0 Å². The van der Waals surface area contributed by atoms with Gasteiger partial charge >= 0.3 is 0 Å². The van der Waals surface area contributed by atoms with Gasteiger partial charge in [-0.05, 0) is 44.5 Å². The smallest absolute Gasteiger partial charge is 0.271 e. The van der Waals surface area contributed by atoms with E-state index in [1.54, 1.807) is 6.20 Å². The fourth-order valence-corrected chi connectivity index (χ4v) is 1.88. The standard InChI is InChI=1S/C17H22N4O2/c1-4-9-18-17(22)15-10-20-16(11-19-15)21-13-5-7-14(8-6-13)23-12(2)3/h5-8,10-12H,4,9H2,1-3H3,(H,18,22)(H,20,21).